The summed E-state index contributed by atoms with van der Waals surface area (Å²) in [6.45, 7) is 1.14. The van der Waals surface area contributed by atoms with E-state index in [1.165, 1.54) is 0 Å². The van der Waals surface area contributed by atoms with Crippen molar-refractivity contribution in [3.8, 4) is 0 Å². The number of hydrogen-bond donors (Lipinski definition) is 2. The second-order valence-corrected chi connectivity index (χ2v) is 4.84. The summed E-state index contributed by atoms with van der Waals surface area (Å²) >= 11 is 0. The fraction of sp³-hybridized carbons (Fsp3) is 0.429. The fourth-order valence-corrected chi connectivity index (χ4v) is 2.46. The lowest BCUT2D eigenvalue weighted by molar-refractivity contribution is -0.0349. The molecule has 0 aliphatic carbocycles. The van der Waals surface area contributed by atoms with Gasteiger partial charge in [-0.05, 0) is 24.6 Å². The molecule has 0 saturated carbocycles. The number of nitrogens with one attached hydrogen (secondary N) is 2. The van der Waals surface area contributed by atoms with Gasteiger partial charge in [-0.25, -0.2) is 4.98 Å². The molecule has 2 atom stereocenters. The summed E-state index contributed by atoms with van der Waals surface area (Å²) < 4.78 is 10.8. The van der Waals surface area contributed by atoms with E-state index < -0.39 is 0 Å². The molecule has 1 fully saturated rings. The number of rotatable bonds is 3. The molecule has 1 aliphatic heterocycles. The van der Waals surface area contributed by atoms with Crippen molar-refractivity contribution in [3.63, 3.8) is 0 Å². The van der Waals surface area contributed by atoms with Gasteiger partial charge in [0, 0.05) is 25.3 Å². The molecule has 2 aromatic rings. The molecular formula is C14H17N3O3. The van der Waals surface area contributed by atoms with Crippen LogP contribution in [0.4, 0.5) is 0 Å². The second kappa shape index (κ2) is 5.60. The maximum absolute atomic E-state index is 12.3. The summed E-state index contributed by atoms with van der Waals surface area (Å²) in [5.41, 5.74) is 1.21. The van der Waals surface area contributed by atoms with Crippen LogP contribution >= 0.6 is 0 Å². The first kappa shape index (κ1) is 13.1. The average Bonchev–Trinajstić information content (AvgIpc) is 2.92. The van der Waals surface area contributed by atoms with Gasteiger partial charge in [0.1, 0.15) is 11.3 Å². The molecule has 0 radical (unpaired) electrons. The van der Waals surface area contributed by atoms with Gasteiger partial charge in [0.25, 0.3) is 5.91 Å². The van der Waals surface area contributed by atoms with E-state index in [1.807, 2.05) is 12.1 Å². The monoisotopic (exact) mass is 275 g/mol. The van der Waals surface area contributed by atoms with Crippen molar-refractivity contribution in [2.24, 2.45) is 0 Å². The van der Waals surface area contributed by atoms with Crippen LogP contribution in [0.15, 0.2) is 24.4 Å². The third kappa shape index (κ3) is 2.52. The Morgan fingerprint density at radius 3 is 3.30 bits per heavy atom. The highest BCUT2D eigenvalue weighted by atomic mass is 16.5. The lowest BCUT2D eigenvalue weighted by Crippen LogP contribution is -2.50. The Balaban J connectivity index is 1.75. The van der Waals surface area contributed by atoms with Gasteiger partial charge in [-0.3, -0.25) is 4.79 Å². The molecule has 1 aliphatic rings. The Morgan fingerprint density at radius 1 is 1.60 bits per heavy atom. The normalized spacial score (nSPS) is 22.9. The number of aromatic nitrogens is 2. The molecule has 1 saturated heterocycles. The highest BCUT2D eigenvalue weighted by Gasteiger charge is 2.27. The number of nitrogens with zero attached hydrogens (tertiary/aromatic N) is 1. The van der Waals surface area contributed by atoms with Crippen LogP contribution in [0.2, 0.25) is 0 Å². The molecule has 3 rings (SSSR count). The molecule has 6 heteroatoms. The number of methoxy groups -OCH3 is 1. The van der Waals surface area contributed by atoms with E-state index in [2.05, 4.69) is 15.3 Å². The van der Waals surface area contributed by atoms with Crippen LogP contribution in [0.5, 0.6) is 0 Å². The smallest absolute Gasteiger partial charge is 0.268 e. The van der Waals surface area contributed by atoms with Crippen LogP contribution in [0.1, 0.15) is 16.9 Å². The Hall–Kier alpha value is -1.92. The molecular weight excluding hydrogens is 258 g/mol. The van der Waals surface area contributed by atoms with Crippen LogP contribution in [0.25, 0.3) is 11.0 Å². The van der Waals surface area contributed by atoms with Crippen molar-refractivity contribution in [2.45, 2.75) is 18.6 Å². The fourth-order valence-electron chi connectivity index (χ4n) is 2.46. The quantitative estimate of drug-likeness (QED) is 0.879. The van der Waals surface area contributed by atoms with Crippen molar-refractivity contribution >= 4 is 16.9 Å². The number of ether oxygens (including phenoxy) is 2. The molecule has 3 heterocycles. The van der Waals surface area contributed by atoms with Crippen molar-refractivity contribution in [1.29, 1.82) is 0 Å². The number of hydrogen-bond acceptors (Lipinski definition) is 4. The van der Waals surface area contributed by atoms with Crippen molar-refractivity contribution in [2.75, 3.05) is 20.3 Å². The van der Waals surface area contributed by atoms with E-state index in [1.54, 1.807) is 19.4 Å². The summed E-state index contributed by atoms with van der Waals surface area (Å²) in [5.74, 6) is -0.166. The summed E-state index contributed by atoms with van der Waals surface area (Å²) in [5, 5.41) is 3.87. The minimum atomic E-state index is -0.166. The zero-order valence-electron chi connectivity index (χ0n) is 11.3. The Bertz CT molecular complexity index is 577. The number of carbonyl (C=O) groups excluding carboxylic acids is 1. The van der Waals surface area contributed by atoms with Crippen LogP contribution in [-0.2, 0) is 9.47 Å². The van der Waals surface area contributed by atoms with Crippen LogP contribution in [0.3, 0.4) is 0 Å². The maximum atomic E-state index is 12.3. The SMILES string of the molecule is CO[C@@H]1CCOC[C@H]1NC(=O)c1cc2cccnc2[nH]1. The molecule has 106 valence electrons. The molecule has 0 unspecified atom stereocenters. The summed E-state index contributed by atoms with van der Waals surface area (Å²) in [6, 6.07) is 5.43. The Kier molecular flexibility index (Phi) is 3.66. The lowest BCUT2D eigenvalue weighted by atomic mass is 10.1. The zero-order valence-corrected chi connectivity index (χ0v) is 11.3. The van der Waals surface area contributed by atoms with Gasteiger partial charge in [-0.1, -0.05) is 0 Å². The van der Waals surface area contributed by atoms with E-state index in [9.17, 15) is 4.79 Å². The van der Waals surface area contributed by atoms with Gasteiger partial charge < -0.3 is 19.8 Å². The molecule has 0 spiro atoms. The highest BCUT2D eigenvalue weighted by Crippen LogP contribution is 2.14. The minimum absolute atomic E-state index is 0.00444. The minimum Gasteiger partial charge on any atom is -0.379 e. The molecule has 0 bridgehead atoms. The molecule has 6 nitrogen and oxygen atoms in total. The first-order valence-corrected chi connectivity index (χ1v) is 6.63. The van der Waals surface area contributed by atoms with Crippen molar-refractivity contribution < 1.29 is 14.3 Å². The largest absolute Gasteiger partial charge is 0.379 e. The number of aromatic amines is 1. The Labute approximate surface area is 116 Å². The standard InChI is InChI=1S/C14H17N3O3/c1-19-12-4-6-20-8-11(12)17-14(18)10-7-9-3-2-5-15-13(9)16-10/h2-3,5,7,11-12H,4,6,8H2,1H3,(H,15,16)(H,17,18)/t11-,12-/m1/s1. The number of H-pyrrole nitrogens is 1. The highest BCUT2D eigenvalue weighted by molar-refractivity contribution is 5.97. The lowest BCUT2D eigenvalue weighted by Gasteiger charge is -2.30. The van der Waals surface area contributed by atoms with Gasteiger partial charge in [-0.2, -0.15) is 0 Å². The van der Waals surface area contributed by atoms with E-state index in [4.69, 9.17) is 9.47 Å². The first-order valence-electron chi connectivity index (χ1n) is 6.63. The van der Waals surface area contributed by atoms with E-state index in [0.29, 0.717) is 24.6 Å². The predicted molar refractivity (Wildman–Crippen MR) is 73.6 cm³/mol. The van der Waals surface area contributed by atoms with E-state index in [0.717, 1.165) is 11.8 Å². The van der Waals surface area contributed by atoms with Gasteiger partial charge in [0.15, 0.2) is 0 Å². The summed E-state index contributed by atoms with van der Waals surface area (Å²) in [7, 11) is 1.65. The second-order valence-electron chi connectivity index (χ2n) is 4.84. The van der Waals surface area contributed by atoms with Gasteiger partial charge >= 0.3 is 0 Å². The molecule has 2 aromatic heterocycles. The first-order chi connectivity index (χ1) is 9.78. The summed E-state index contributed by atoms with van der Waals surface area (Å²) in [6.07, 6.45) is 2.47. The molecule has 1 amide bonds. The molecule has 0 aromatic carbocycles. The zero-order chi connectivity index (χ0) is 13.9. The number of pyridine rings is 1. The van der Waals surface area contributed by atoms with Gasteiger partial charge in [-0.15, -0.1) is 0 Å². The van der Waals surface area contributed by atoms with Crippen LogP contribution < -0.4 is 5.32 Å². The van der Waals surface area contributed by atoms with Crippen LogP contribution in [0, 0.1) is 0 Å². The number of fused-ring (bicyclic) bond motifs is 1. The van der Waals surface area contributed by atoms with Gasteiger partial charge in [0.2, 0.25) is 0 Å². The topological polar surface area (TPSA) is 76.2 Å². The summed E-state index contributed by atoms with van der Waals surface area (Å²) in [4.78, 5) is 19.5. The molecule has 2 N–H and O–H groups in total. The van der Waals surface area contributed by atoms with Crippen LogP contribution in [-0.4, -0.2) is 48.3 Å². The van der Waals surface area contributed by atoms with E-state index in [-0.39, 0.29) is 18.1 Å². The number of carbonyl (C=O) groups is 1. The van der Waals surface area contributed by atoms with E-state index >= 15 is 0 Å². The maximum Gasteiger partial charge on any atom is 0.268 e. The third-order valence-corrected chi connectivity index (χ3v) is 3.55. The molecule has 20 heavy (non-hydrogen) atoms. The Morgan fingerprint density at radius 2 is 2.50 bits per heavy atom. The van der Waals surface area contributed by atoms with Crippen molar-refractivity contribution in [1.82, 2.24) is 15.3 Å². The third-order valence-electron chi connectivity index (χ3n) is 3.55. The average molecular weight is 275 g/mol. The van der Waals surface area contributed by atoms with Gasteiger partial charge in [0.05, 0.1) is 18.8 Å². The predicted octanol–water partition coefficient (Wildman–Crippen LogP) is 1.10. The van der Waals surface area contributed by atoms with Crippen molar-refractivity contribution in [3.05, 3.63) is 30.1 Å². The number of amides is 1.